The standard InChI is InChI=1S/C17H29N3S/c1-12(2)7-15-8-20(9-16-19-13(3)10-21-16)17(4,11-18-15)14-5-6-14/h10,12,14-15,18H,5-9,11H2,1-4H3. The van der Waals surface area contributed by atoms with E-state index < -0.39 is 0 Å². The third kappa shape index (κ3) is 3.49. The van der Waals surface area contributed by atoms with E-state index >= 15 is 0 Å². The summed E-state index contributed by atoms with van der Waals surface area (Å²) in [6.07, 6.45) is 4.08. The van der Waals surface area contributed by atoms with Gasteiger partial charge in [0.15, 0.2) is 0 Å². The van der Waals surface area contributed by atoms with E-state index in [1.165, 1.54) is 30.8 Å². The molecule has 1 aromatic heterocycles. The van der Waals surface area contributed by atoms with Gasteiger partial charge in [-0.1, -0.05) is 13.8 Å². The molecule has 2 aliphatic rings. The van der Waals surface area contributed by atoms with Gasteiger partial charge in [0.2, 0.25) is 0 Å². The first-order valence-electron chi connectivity index (χ1n) is 8.37. The number of aryl methyl sites for hydroxylation is 1. The van der Waals surface area contributed by atoms with Crippen LogP contribution >= 0.6 is 11.3 Å². The molecule has 0 spiro atoms. The van der Waals surface area contributed by atoms with E-state index in [9.17, 15) is 0 Å². The molecule has 4 heteroatoms. The van der Waals surface area contributed by atoms with Gasteiger partial charge in [-0.15, -0.1) is 11.3 Å². The average molecular weight is 308 g/mol. The Hall–Kier alpha value is -0.450. The zero-order valence-electron chi connectivity index (χ0n) is 13.9. The zero-order chi connectivity index (χ0) is 15.0. The lowest BCUT2D eigenvalue weighted by Crippen LogP contribution is -2.64. The predicted molar refractivity (Wildman–Crippen MR) is 89.6 cm³/mol. The molecule has 0 amide bonds. The van der Waals surface area contributed by atoms with Crippen LogP contribution in [0.15, 0.2) is 5.38 Å². The first-order valence-corrected chi connectivity index (χ1v) is 9.25. The van der Waals surface area contributed by atoms with Crippen molar-refractivity contribution in [3.05, 3.63) is 16.1 Å². The first-order chi connectivity index (χ1) is 9.97. The van der Waals surface area contributed by atoms with Crippen LogP contribution in [0.25, 0.3) is 0 Å². The Morgan fingerprint density at radius 3 is 2.81 bits per heavy atom. The van der Waals surface area contributed by atoms with Crippen LogP contribution in [-0.4, -0.2) is 34.6 Å². The lowest BCUT2D eigenvalue weighted by Gasteiger charge is -2.48. The monoisotopic (exact) mass is 307 g/mol. The molecule has 1 saturated carbocycles. The molecule has 3 nitrogen and oxygen atoms in total. The molecule has 0 bridgehead atoms. The van der Waals surface area contributed by atoms with Crippen LogP contribution < -0.4 is 5.32 Å². The third-order valence-electron chi connectivity index (χ3n) is 5.12. The maximum atomic E-state index is 4.69. The van der Waals surface area contributed by atoms with Gasteiger partial charge in [0.25, 0.3) is 0 Å². The molecule has 2 heterocycles. The van der Waals surface area contributed by atoms with Gasteiger partial charge in [0, 0.05) is 35.7 Å². The topological polar surface area (TPSA) is 28.2 Å². The Labute approximate surface area is 133 Å². The first kappa shape index (κ1) is 15.4. The lowest BCUT2D eigenvalue weighted by atomic mass is 9.88. The molecule has 1 N–H and O–H groups in total. The van der Waals surface area contributed by atoms with Crippen LogP contribution in [0.5, 0.6) is 0 Å². The molecule has 0 aromatic carbocycles. The minimum Gasteiger partial charge on any atom is -0.311 e. The second-order valence-corrected chi connectivity index (χ2v) is 8.54. The lowest BCUT2D eigenvalue weighted by molar-refractivity contribution is 0.0237. The summed E-state index contributed by atoms with van der Waals surface area (Å²) in [7, 11) is 0. The summed E-state index contributed by atoms with van der Waals surface area (Å²) in [6.45, 7) is 12.5. The van der Waals surface area contributed by atoms with E-state index in [2.05, 4.69) is 43.3 Å². The van der Waals surface area contributed by atoms with Gasteiger partial charge in [0.1, 0.15) is 5.01 Å². The van der Waals surface area contributed by atoms with Gasteiger partial charge < -0.3 is 5.32 Å². The maximum Gasteiger partial charge on any atom is 0.107 e. The molecule has 1 aliphatic carbocycles. The van der Waals surface area contributed by atoms with Crippen molar-refractivity contribution in [3.63, 3.8) is 0 Å². The maximum absolute atomic E-state index is 4.69. The van der Waals surface area contributed by atoms with Crippen LogP contribution in [0.2, 0.25) is 0 Å². The molecule has 118 valence electrons. The van der Waals surface area contributed by atoms with Crippen LogP contribution in [0.4, 0.5) is 0 Å². The average Bonchev–Trinajstić information content (AvgIpc) is 3.18. The molecule has 2 unspecified atom stereocenters. The molecule has 21 heavy (non-hydrogen) atoms. The van der Waals surface area contributed by atoms with E-state index in [4.69, 9.17) is 4.98 Å². The highest BCUT2D eigenvalue weighted by atomic mass is 32.1. The molecule has 0 radical (unpaired) electrons. The smallest absolute Gasteiger partial charge is 0.107 e. The van der Waals surface area contributed by atoms with Crippen LogP contribution in [-0.2, 0) is 6.54 Å². The number of aromatic nitrogens is 1. The fourth-order valence-corrected chi connectivity index (χ4v) is 4.51. The van der Waals surface area contributed by atoms with Crippen LogP contribution in [0.3, 0.4) is 0 Å². The summed E-state index contributed by atoms with van der Waals surface area (Å²) in [4.78, 5) is 7.42. The van der Waals surface area contributed by atoms with Crippen LogP contribution in [0, 0.1) is 18.8 Å². The van der Waals surface area contributed by atoms with Crippen molar-refractivity contribution in [2.24, 2.45) is 11.8 Å². The quantitative estimate of drug-likeness (QED) is 0.903. The number of thiazole rings is 1. The zero-order valence-corrected chi connectivity index (χ0v) is 14.7. The molecular weight excluding hydrogens is 278 g/mol. The molecule has 1 saturated heterocycles. The summed E-state index contributed by atoms with van der Waals surface area (Å²) in [5.74, 6) is 1.64. The second-order valence-electron chi connectivity index (χ2n) is 7.60. The SMILES string of the molecule is Cc1csc(CN2CC(CC(C)C)NCC2(C)C2CC2)n1. The van der Waals surface area contributed by atoms with Crippen molar-refractivity contribution in [1.29, 1.82) is 0 Å². The summed E-state index contributed by atoms with van der Waals surface area (Å²) in [5.41, 5.74) is 1.49. The van der Waals surface area contributed by atoms with E-state index in [-0.39, 0.29) is 0 Å². The summed E-state index contributed by atoms with van der Waals surface area (Å²) < 4.78 is 0. The van der Waals surface area contributed by atoms with Gasteiger partial charge in [-0.05, 0) is 44.9 Å². The van der Waals surface area contributed by atoms with E-state index in [0.29, 0.717) is 11.6 Å². The van der Waals surface area contributed by atoms with Crippen molar-refractivity contribution in [1.82, 2.24) is 15.2 Å². The normalized spacial score (nSPS) is 31.0. The number of piperazine rings is 1. The number of hydrogen-bond acceptors (Lipinski definition) is 4. The largest absolute Gasteiger partial charge is 0.311 e. The van der Waals surface area contributed by atoms with Gasteiger partial charge >= 0.3 is 0 Å². The Bertz CT molecular complexity index is 480. The van der Waals surface area contributed by atoms with Gasteiger partial charge in [-0.3, -0.25) is 4.90 Å². The fourth-order valence-electron chi connectivity index (χ4n) is 3.72. The van der Waals surface area contributed by atoms with Gasteiger partial charge in [0.05, 0.1) is 6.54 Å². The molecule has 1 aromatic rings. The second kappa shape index (κ2) is 5.98. The number of nitrogens with one attached hydrogen (secondary N) is 1. The molecular formula is C17H29N3S. The minimum atomic E-state index is 0.326. The highest BCUT2D eigenvalue weighted by molar-refractivity contribution is 7.09. The Morgan fingerprint density at radius 1 is 1.48 bits per heavy atom. The summed E-state index contributed by atoms with van der Waals surface area (Å²) >= 11 is 1.82. The van der Waals surface area contributed by atoms with E-state index in [1.54, 1.807) is 0 Å². The predicted octanol–water partition coefficient (Wildman–Crippen LogP) is 3.44. The van der Waals surface area contributed by atoms with Crippen molar-refractivity contribution >= 4 is 11.3 Å². The number of rotatable bonds is 5. The highest BCUT2D eigenvalue weighted by Crippen LogP contribution is 2.44. The molecule has 2 atom stereocenters. The third-order valence-corrected chi connectivity index (χ3v) is 6.07. The molecule has 1 aliphatic heterocycles. The molecule has 3 rings (SSSR count). The van der Waals surface area contributed by atoms with Gasteiger partial charge in [-0.2, -0.15) is 0 Å². The van der Waals surface area contributed by atoms with Crippen molar-refractivity contribution in [2.45, 2.75) is 65.1 Å². The van der Waals surface area contributed by atoms with Gasteiger partial charge in [-0.25, -0.2) is 4.98 Å². The van der Waals surface area contributed by atoms with E-state index in [0.717, 1.165) is 30.6 Å². The number of hydrogen-bond donors (Lipinski definition) is 1. The Balaban J connectivity index is 1.73. The van der Waals surface area contributed by atoms with Crippen molar-refractivity contribution < 1.29 is 0 Å². The molecule has 2 fully saturated rings. The highest BCUT2D eigenvalue weighted by Gasteiger charge is 2.48. The Morgan fingerprint density at radius 2 is 2.24 bits per heavy atom. The van der Waals surface area contributed by atoms with Crippen molar-refractivity contribution in [3.8, 4) is 0 Å². The summed E-state index contributed by atoms with van der Waals surface area (Å²) in [5, 5.41) is 7.28. The minimum absolute atomic E-state index is 0.326. The van der Waals surface area contributed by atoms with Crippen LogP contribution in [0.1, 0.15) is 50.7 Å². The van der Waals surface area contributed by atoms with E-state index in [1.807, 2.05) is 11.3 Å². The Kier molecular flexibility index (Phi) is 4.40. The fraction of sp³-hybridized carbons (Fsp3) is 0.824. The van der Waals surface area contributed by atoms with Crippen molar-refractivity contribution in [2.75, 3.05) is 13.1 Å². The summed E-state index contributed by atoms with van der Waals surface area (Å²) in [6, 6.07) is 0.637. The number of nitrogens with zero attached hydrogens (tertiary/aromatic N) is 2.